The highest BCUT2D eigenvalue weighted by Gasteiger charge is 2.33. The lowest BCUT2D eigenvalue weighted by molar-refractivity contribution is -0.0543. The zero-order valence-electron chi connectivity index (χ0n) is 16.7. The lowest BCUT2D eigenvalue weighted by Crippen LogP contribution is -2.34. The van der Waals surface area contributed by atoms with Crippen molar-refractivity contribution in [3.8, 4) is 0 Å². The van der Waals surface area contributed by atoms with Crippen molar-refractivity contribution in [2.75, 3.05) is 11.2 Å². The molecule has 0 saturated carbocycles. The number of hydrogen-bond acceptors (Lipinski definition) is 8. The number of ether oxygens (including phenoxy) is 1. The molecule has 0 saturated heterocycles. The van der Waals surface area contributed by atoms with Crippen molar-refractivity contribution in [3.05, 3.63) is 34.6 Å². The summed E-state index contributed by atoms with van der Waals surface area (Å²) < 4.78 is 11.3. The molecule has 3 aromatic rings. The second-order valence-electron chi connectivity index (χ2n) is 7.21. The summed E-state index contributed by atoms with van der Waals surface area (Å²) >= 11 is 3.26. The smallest absolute Gasteiger partial charge is 0.305 e. The molecule has 3 aromatic heterocycles. The highest BCUT2D eigenvalue weighted by atomic mass is 32.2. The molecule has 0 aliphatic carbocycles. The average molecular weight is 433 g/mol. The standard InChI is InChI=1S/C20H24N4O3S2/c1-4-9-28-19-21-16(23-24-17(25)13-7-6-8-26-13)15-12-10-20(3,5-2)27-11-14(12)29-18(15)22-19/h6-8H,4-5,9-11H2,1-3H3,(H,24,25)(H,21,22,23)/t20-/m0/s1. The highest BCUT2D eigenvalue weighted by molar-refractivity contribution is 7.99. The van der Waals surface area contributed by atoms with Crippen LogP contribution in [0.5, 0.6) is 0 Å². The molecule has 9 heteroatoms. The summed E-state index contributed by atoms with van der Waals surface area (Å²) in [5.41, 5.74) is 6.72. The van der Waals surface area contributed by atoms with Gasteiger partial charge < -0.3 is 9.15 Å². The summed E-state index contributed by atoms with van der Waals surface area (Å²) in [4.78, 5) is 23.9. The van der Waals surface area contributed by atoms with E-state index in [2.05, 4.69) is 31.6 Å². The quantitative estimate of drug-likeness (QED) is 0.315. The molecule has 1 atom stereocenters. The van der Waals surface area contributed by atoms with Crippen LogP contribution in [0.25, 0.3) is 10.2 Å². The Bertz CT molecular complexity index is 1020. The second kappa shape index (κ2) is 8.33. The third-order valence-corrected chi connectivity index (χ3v) is 7.19. The number of hydrogen-bond donors (Lipinski definition) is 2. The first kappa shape index (κ1) is 20.2. The molecule has 0 spiro atoms. The number of fused-ring (bicyclic) bond motifs is 3. The maximum absolute atomic E-state index is 12.3. The molecule has 1 amide bonds. The first-order valence-electron chi connectivity index (χ1n) is 9.72. The van der Waals surface area contributed by atoms with Gasteiger partial charge in [-0.15, -0.1) is 11.3 Å². The van der Waals surface area contributed by atoms with Crippen LogP contribution < -0.4 is 10.9 Å². The number of amides is 1. The molecule has 0 unspecified atom stereocenters. The van der Waals surface area contributed by atoms with Crippen LogP contribution >= 0.6 is 23.1 Å². The number of nitrogens with one attached hydrogen (secondary N) is 2. The Morgan fingerprint density at radius 3 is 2.97 bits per heavy atom. The number of furan rings is 1. The largest absolute Gasteiger partial charge is 0.459 e. The zero-order valence-corrected chi connectivity index (χ0v) is 18.3. The Hall–Kier alpha value is -2.10. The van der Waals surface area contributed by atoms with Crippen molar-refractivity contribution in [1.82, 2.24) is 15.4 Å². The summed E-state index contributed by atoms with van der Waals surface area (Å²) in [6, 6.07) is 3.30. The van der Waals surface area contributed by atoms with Gasteiger partial charge in [-0.05, 0) is 37.5 Å². The van der Waals surface area contributed by atoms with E-state index < -0.39 is 0 Å². The van der Waals surface area contributed by atoms with Gasteiger partial charge >= 0.3 is 5.91 Å². The first-order chi connectivity index (χ1) is 14.0. The van der Waals surface area contributed by atoms with Crippen molar-refractivity contribution in [2.45, 2.75) is 57.4 Å². The molecular formula is C20H24N4O3S2. The van der Waals surface area contributed by atoms with Gasteiger partial charge in [0, 0.05) is 17.1 Å². The van der Waals surface area contributed by atoms with E-state index >= 15 is 0 Å². The van der Waals surface area contributed by atoms with Gasteiger partial charge in [0.25, 0.3) is 0 Å². The number of carbonyl (C=O) groups is 1. The van der Waals surface area contributed by atoms with Crippen LogP contribution in [-0.4, -0.2) is 27.2 Å². The van der Waals surface area contributed by atoms with E-state index in [1.807, 2.05) is 0 Å². The number of carbonyl (C=O) groups excluding carboxylic acids is 1. The van der Waals surface area contributed by atoms with Gasteiger partial charge in [0.15, 0.2) is 16.7 Å². The summed E-state index contributed by atoms with van der Waals surface area (Å²) in [6.45, 7) is 6.98. The highest BCUT2D eigenvalue weighted by Crippen LogP contribution is 2.42. The molecule has 29 heavy (non-hydrogen) atoms. The van der Waals surface area contributed by atoms with E-state index in [1.54, 1.807) is 35.2 Å². The maximum Gasteiger partial charge on any atom is 0.305 e. The molecule has 0 fully saturated rings. The minimum atomic E-state index is -0.352. The maximum atomic E-state index is 12.3. The molecule has 0 radical (unpaired) electrons. The van der Waals surface area contributed by atoms with Gasteiger partial charge in [0.05, 0.1) is 23.9 Å². The molecule has 7 nitrogen and oxygen atoms in total. The topological polar surface area (TPSA) is 89.3 Å². The Balaban J connectivity index is 1.71. The average Bonchev–Trinajstić information content (AvgIpc) is 3.38. The van der Waals surface area contributed by atoms with Gasteiger partial charge in [-0.25, -0.2) is 9.97 Å². The Labute approximate surface area is 177 Å². The number of thiophene rings is 1. The minimum Gasteiger partial charge on any atom is -0.459 e. The predicted molar refractivity (Wildman–Crippen MR) is 115 cm³/mol. The number of hydrazine groups is 1. The molecule has 4 heterocycles. The lowest BCUT2D eigenvalue weighted by atomic mass is 9.90. The van der Waals surface area contributed by atoms with E-state index in [4.69, 9.17) is 19.1 Å². The fourth-order valence-corrected chi connectivity index (χ4v) is 5.07. The van der Waals surface area contributed by atoms with Crippen LogP contribution in [0.2, 0.25) is 0 Å². The van der Waals surface area contributed by atoms with Crippen LogP contribution in [0.4, 0.5) is 5.82 Å². The van der Waals surface area contributed by atoms with Crippen molar-refractivity contribution in [2.24, 2.45) is 0 Å². The molecule has 154 valence electrons. The molecule has 1 aliphatic rings. The van der Waals surface area contributed by atoms with Crippen molar-refractivity contribution < 1.29 is 13.9 Å². The van der Waals surface area contributed by atoms with Crippen LogP contribution in [0.3, 0.4) is 0 Å². The molecule has 1 aliphatic heterocycles. The second-order valence-corrected chi connectivity index (χ2v) is 9.36. The third-order valence-electron chi connectivity index (χ3n) is 5.04. The first-order valence-corrected chi connectivity index (χ1v) is 11.5. The number of anilines is 1. The SMILES string of the molecule is CCCSc1nc(NNC(=O)c2ccco2)c2c3c(sc2n1)CO[C@@](C)(CC)C3. The van der Waals surface area contributed by atoms with E-state index in [0.717, 1.165) is 35.2 Å². The molecule has 0 bridgehead atoms. The number of thioether (sulfide) groups is 1. The van der Waals surface area contributed by atoms with Crippen LogP contribution in [0.15, 0.2) is 28.0 Å². The van der Waals surface area contributed by atoms with Crippen molar-refractivity contribution in [3.63, 3.8) is 0 Å². The van der Waals surface area contributed by atoms with Gasteiger partial charge in [0.1, 0.15) is 4.83 Å². The van der Waals surface area contributed by atoms with E-state index in [1.165, 1.54) is 16.7 Å². The van der Waals surface area contributed by atoms with E-state index in [0.29, 0.717) is 17.6 Å². The fraction of sp³-hybridized carbons (Fsp3) is 0.450. The van der Waals surface area contributed by atoms with Gasteiger partial charge in [-0.3, -0.25) is 15.6 Å². The zero-order chi connectivity index (χ0) is 20.4. The predicted octanol–water partition coefficient (Wildman–Crippen LogP) is 4.78. The lowest BCUT2D eigenvalue weighted by Gasteiger charge is -2.33. The van der Waals surface area contributed by atoms with Crippen LogP contribution in [0, 0.1) is 0 Å². The Morgan fingerprint density at radius 1 is 1.38 bits per heavy atom. The summed E-state index contributed by atoms with van der Waals surface area (Å²) in [7, 11) is 0. The van der Waals surface area contributed by atoms with E-state index in [9.17, 15) is 4.79 Å². The summed E-state index contributed by atoms with van der Waals surface area (Å²) in [6.07, 6.45) is 4.23. The number of rotatable bonds is 7. The Morgan fingerprint density at radius 2 is 2.24 bits per heavy atom. The molecule has 4 rings (SSSR count). The monoisotopic (exact) mass is 432 g/mol. The van der Waals surface area contributed by atoms with Crippen LogP contribution in [0.1, 0.15) is 54.6 Å². The normalized spacial score (nSPS) is 18.6. The molecule has 0 aromatic carbocycles. The van der Waals surface area contributed by atoms with Crippen LogP contribution in [-0.2, 0) is 17.8 Å². The van der Waals surface area contributed by atoms with Gasteiger partial charge in [-0.2, -0.15) is 0 Å². The fourth-order valence-electron chi connectivity index (χ4n) is 3.21. The third kappa shape index (κ3) is 4.12. The number of nitrogens with zero attached hydrogens (tertiary/aromatic N) is 2. The van der Waals surface area contributed by atoms with Crippen molar-refractivity contribution in [1.29, 1.82) is 0 Å². The summed E-state index contributed by atoms with van der Waals surface area (Å²) in [5, 5.41) is 1.67. The van der Waals surface area contributed by atoms with E-state index in [-0.39, 0.29) is 17.3 Å². The minimum absolute atomic E-state index is 0.203. The number of aromatic nitrogens is 2. The van der Waals surface area contributed by atoms with Gasteiger partial charge in [0.2, 0.25) is 0 Å². The summed E-state index contributed by atoms with van der Waals surface area (Å²) in [5.74, 6) is 1.44. The van der Waals surface area contributed by atoms with Gasteiger partial charge in [-0.1, -0.05) is 25.6 Å². The van der Waals surface area contributed by atoms with Crippen molar-refractivity contribution >= 4 is 45.0 Å². The Kier molecular flexibility index (Phi) is 5.80. The molecule has 2 N–H and O–H groups in total. The molecular weight excluding hydrogens is 408 g/mol.